The Balaban J connectivity index is 1.73. The number of hydrogen-bond acceptors (Lipinski definition) is 4. The summed E-state index contributed by atoms with van der Waals surface area (Å²) in [6.07, 6.45) is 17.4. The fourth-order valence-corrected chi connectivity index (χ4v) is 7.44. The highest BCUT2D eigenvalue weighted by Gasteiger charge is 2.32. The van der Waals surface area contributed by atoms with Crippen LogP contribution < -0.4 is 40.8 Å². The molecule has 0 bridgehead atoms. The first-order valence-electron chi connectivity index (χ1n) is 21.2. The minimum atomic E-state index is -1.60. The van der Waals surface area contributed by atoms with Crippen LogP contribution in [-0.4, -0.2) is 32.6 Å². The highest BCUT2D eigenvalue weighted by atomic mass is 16.5. The molecule has 0 heterocycles. The topological polar surface area (TPSA) is 36.9 Å². The maximum atomic E-state index is 6.23. The summed E-state index contributed by atoms with van der Waals surface area (Å²) in [6, 6.07) is 35.4. The van der Waals surface area contributed by atoms with Crippen molar-refractivity contribution >= 4 is 28.0 Å². The van der Waals surface area contributed by atoms with Gasteiger partial charge in [0.15, 0.2) is 0 Å². The zero-order valence-electron chi connectivity index (χ0n) is 33.6. The molecule has 0 N–H and O–H groups in total. The Morgan fingerprint density at radius 2 is 0.491 bits per heavy atom. The van der Waals surface area contributed by atoms with Crippen molar-refractivity contribution in [2.75, 3.05) is 26.4 Å². The molecule has 0 saturated heterocycles. The number of hydrogen-bond donors (Lipinski definition) is 0. The van der Waals surface area contributed by atoms with Gasteiger partial charge in [0, 0.05) is 0 Å². The molecule has 0 amide bonds. The molecule has 53 heavy (non-hydrogen) atoms. The molecule has 0 fully saturated rings. The average Bonchev–Trinajstić information content (AvgIpc) is 3.20. The van der Waals surface area contributed by atoms with Crippen molar-refractivity contribution in [2.45, 2.75) is 130 Å². The number of ether oxygens (including phenoxy) is 4. The Bertz CT molecular complexity index is 1260. The van der Waals surface area contributed by atoms with Gasteiger partial charge >= 0.3 is 0 Å². The van der Waals surface area contributed by atoms with Crippen LogP contribution in [0.4, 0.5) is 0 Å². The lowest BCUT2D eigenvalue weighted by Gasteiger charge is -2.44. The molecule has 5 heteroatoms. The molecule has 4 nitrogen and oxygen atoms in total. The van der Waals surface area contributed by atoms with Crippen molar-refractivity contribution in [2.24, 2.45) is 0 Å². The summed E-state index contributed by atoms with van der Waals surface area (Å²) in [6.45, 7) is 12.0. The molecule has 0 aliphatic rings. The summed E-state index contributed by atoms with van der Waals surface area (Å²) in [5.41, 5.74) is 4.94. The van der Waals surface area contributed by atoms with Crippen LogP contribution in [0.25, 0.3) is 0 Å². The lowest BCUT2D eigenvalue weighted by molar-refractivity contribution is 0.305. The zero-order valence-corrected chi connectivity index (χ0v) is 33.6. The summed E-state index contributed by atoms with van der Waals surface area (Å²) in [5.74, 6) is 3.67. The lowest BCUT2D eigenvalue weighted by atomic mass is 9.13. The third-order valence-electron chi connectivity index (χ3n) is 10.6. The Hall–Kier alpha value is -3.86. The molecule has 0 unspecified atom stereocenters. The van der Waals surface area contributed by atoms with Crippen LogP contribution in [0.15, 0.2) is 97.1 Å². The number of unbranched alkanes of at least 4 members (excludes halogenated alkanes) is 12. The van der Waals surface area contributed by atoms with Crippen LogP contribution in [0.1, 0.15) is 130 Å². The van der Waals surface area contributed by atoms with Gasteiger partial charge in [0.1, 0.15) is 29.1 Å². The molecule has 288 valence electrons. The number of rotatable bonds is 28. The molecule has 0 atom stereocenters. The van der Waals surface area contributed by atoms with Crippen molar-refractivity contribution in [3.63, 3.8) is 0 Å². The zero-order chi connectivity index (χ0) is 37.4. The molecule has 4 aromatic carbocycles. The molecule has 4 aromatic rings. The van der Waals surface area contributed by atoms with Gasteiger partial charge in [-0.15, -0.1) is 0 Å². The smallest absolute Gasteiger partial charge is 0.119 e. The summed E-state index contributed by atoms with van der Waals surface area (Å²) in [5, 5.41) is 0. The van der Waals surface area contributed by atoms with Crippen LogP contribution in [0, 0.1) is 0 Å². The first kappa shape index (κ1) is 41.9. The summed E-state index contributed by atoms with van der Waals surface area (Å²) < 4.78 is 24.9. The SMILES string of the molecule is CCCCCCOc1ccc([B-](c2ccc(OCCCCCC)cc2)(c2ccc(OCCCCCC)cc2)c2ccc(OCCCCCC)cc2)cc1. The van der Waals surface area contributed by atoms with Gasteiger partial charge in [0.05, 0.1) is 26.4 Å². The van der Waals surface area contributed by atoms with E-state index >= 15 is 0 Å². The van der Waals surface area contributed by atoms with E-state index in [0.717, 1.165) is 75.1 Å². The van der Waals surface area contributed by atoms with Crippen molar-refractivity contribution in [1.82, 2.24) is 0 Å². The third kappa shape index (κ3) is 13.2. The van der Waals surface area contributed by atoms with Gasteiger partial charge in [0.2, 0.25) is 0 Å². The molecule has 0 spiro atoms. The predicted octanol–water partition coefficient (Wildman–Crippen LogP) is 10.9. The first-order valence-corrected chi connectivity index (χ1v) is 21.2. The molecule has 0 aliphatic carbocycles. The van der Waals surface area contributed by atoms with Gasteiger partial charge < -0.3 is 18.9 Å². The average molecular weight is 720 g/mol. The van der Waals surface area contributed by atoms with Gasteiger partial charge in [0.25, 0.3) is 0 Å². The molecular formula is C48H68BO4-. The fourth-order valence-electron chi connectivity index (χ4n) is 7.44. The van der Waals surface area contributed by atoms with Gasteiger partial charge in [-0.3, -0.25) is 0 Å². The Kier molecular flexibility index (Phi) is 19.3. The van der Waals surface area contributed by atoms with E-state index in [9.17, 15) is 0 Å². The third-order valence-corrected chi connectivity index (χ3v) is 10.6. The van der Waals surface area contributed by atoms with Crippen LogP contribution in [0.5, 0.6) is 23.0 Å². The van der Waals surface area contributed by atoms with Crippen molar-refractivity contribution in [1.29, 1.82) is 0 Å². The first-order chi connectivity index (χ1) is 26.1. The normalized spacial score (nSPS) is 11.4. The highest BCUT2D eigenvalue weighted by Crippen LogP contribution is 2.20. The highest BCUT2D eigenvalue weighted by molar-refractivity contribution is 7.19. The fraction of sp³-hybridized carbons (Fsp3) is 0.500. The number of benzene rings is 4. The van der Waals surface area contributed by atoms with E-state index in [2.05, 4.69) is 125 Å². The van der Waals surface area contributed by atoms with Crippen LogP contribution in [0.3, 0.4) is 0 Å². The van der Waals surface area contributed by atoms with Gasteiger partial charge in [-0.1, -0.05) is 153 Å². The molecular weight excluding hydrogens is 651 g/mol. The minimum Gasteiger partial charge on any atom is -0.494 e. The molecule has 4 rings (SSSR count). The Labute approximate surface area is 322 Å². The molecule has 0 aromatic heterocycles. The second-order valence-electron chi connectivity index (χ2n) is 14.8. The second-order valence-corrected chi connectivity index (χ2v) is 14.8. The van der Waals surface area contributed by atoms with E-state index in [-0.39, 0.29) is 0 Å². The predicted molar refractivity (Wildman–Crippen MR) is 229 cm³/mol. The lowest BCUT2D eigenvalue weighted by Crippen LogP contribution is -2.74. The van der Waals surface area contributed by atoms with E-state index in [1.165, 1.54) is 98.9 Å². The van der Waals surface area contributed by atoms with E-state index < -0.39 is 6.15 Å². The maximum absolute atomic E-state index is 6.23. The minimum absolute atomic E-state index is 0.745. The Morgan fingerprint density at radius 1 is 0.283 bits per heavy atom. The van der Waals surface area contributed by atoms with Crippen LogP contribution in [0.2, 0.25) is 0 Å². The summed E-state index contributed by atoms with van der Waals surface area (Å²) >= 11 is 0. The monoisotopic (exact) mass is 720 g/mol. The summed E-state index contributed by atoms with van der Waals surface area (Å²) in [4.78, 5) is 0. The maximum Gasteiger partial charge on any atom is 0.119 e. The molecule has 0 radical (unpaired) electrons. The van der Waals surface area contributed by atoms with Crippen LogP contribution in [-0.2, 0) is 0 Å². The van der Waals surface area contributed by atoms with Crippen LogP contribution >= 0.6 is 0 Å². The Morgan fingerprint density at radius 3 is 0.679 bits per heavy atom. The van der Waals surface area contributed by atoms with Gasteiger partial charge in [-0.2, -0.15) is 21.9 Å². The van der Waals surface area contributed by atoms with E-state index in [0.29, 0.717) is 0 Å². The largest absolute Gasteiger partial charge is 0.494 e. The van der Waals surface area contributed by atoms with E-state index in [1.54, 1.807) is 0 Å². The second kappa shape index (κ2) is 24.5. The van der Waals surface area contributed by atoms with Gasteiger partial charge in [-0.05, 0) is 74.2 Å². The van der Waals surface area contributed by atoms with Crippen molar-refractivity contribution in [3.8, 4) is 23.0 Å². The van der Waals surface area contributed by atoms with Crippen molar-refractivity contribution in [3.05, 3.63) is 97.1 Å². The van der Waals surface area contributed by atoms with Crippen molar-refractivity contribution < 1.29 is 18.9 Å². The van der Waals surface area contributed by atoms with E-state index in [4.69, 9.17) is 18.9 Å². The van der Waals surface area contributed by atoms with Gasteiger partial charge in [-0.25, -0.2) is 0 Å². The van der Waals surface area contributed by atoms with E-state index in [1.807, 2.05) is 0 Å². The molecule has 0 saturated carbocycles. The summed E-state index contributed by atoms with van der Waals surface area (Å²) in [7, 11) is 0. The molecule has 0 aliphatic heterocycles. The standard InChI is InChI=1S/C48H68BO4/c1-5-9-13-17-37-50-45-29-21-41(22-30-45)49(42-23-31-46(32-24-42)51-38-18-14-10-6-2,43-25-33-47(34-26-43)52-39-19-15-11-7-3)44-27-35-48(36-28-44)53-40-20-16-12-8-4/h21-36H,5-20,37-40H2,1-4H3/q-1. The quantitative estimate of drug-likeness (QED) is 0.0433.